The van der Waals surface area contributed by atoms with E-state index in [0.29, 0.717) is 28.0 Å². The highest BCUT2D eigenvalue weighted by atomic mass is 32.1. The number of nitrogens with zero attached hydrogens (tertiary/aromatic N) is 2. The van der Waals surface area contributed by atoms with E-state index in [4.69, 9.17) is 8.94 Å². The zero-order valence-corrected chi connectivity index (χ0v) is 13.1. The van der Waals surface area contributed by atoms with Gasteiger partial charge in [-0.25, -0.2) is 0 Å². The molecule has 1 N–H and O–H groups in total. The highest BCUT2D eigenvalue weighted by Crippen LogP contribution is 2.24. The molecule has 1 amide bonds. The zero-order valence-electron chi connectivity index (χ0n) is 12.3. The summed E-state index contributed by atoms with van der Waals surface area (Å²) in [6.45, 7) is 0. The highest BCUT2D eigenvalue weighted by Gasteiger charge is 2.13. The monoisotopic (exact) mass is 337 g/mol. The maximum atomic E-state index is 12.1. The quantitative estimate of drug-likeness (QED) is 0.600. The third-order valence-electron chi connectivity index (χ3n) is 3.28. The van der Waals surface area contributed by atoms with E-state index in [-0.39, 0.29) is 5.91 Å². The van der Waals surface area contributed by atoms with Gasteiger partial charge in [-0.1, -0.05) is 23.4 Å². The molecular formula is C17H11N3O3S. The molecule has 0 unspecified atom stereocenters. The van der Waals surface area contributed by atoms with Crippen LogP contribution in [0.15, 0.2) is 69.1 Å². The number of nitrogens with one attached hydrogen (secondary N) is 1. The topological polar surface area (TPSA) is 81.2 Å². The number of carbonyl (C=O) groups excluding carboxylic acids is 1. The lowest BCUT2D eigenvalue weighted by atomic mass is 10.2. The third-order valence-corrected chi connectivity index (χ3v) is 4.15. The molecule has 0 aliphatic rings. The van der Waals surface area contributed by atoms with Crippen molar-refractivity contribution in [3.63, 3.8) is 0 Å². The Bertz CT molecular complexity index is 959. The molecule has 0 aliphatic heterocycles. The van der Waals surface area contributed by atoms with Gasteiger partial charge in [-0.05, 0) is 35.7 Å². The number of furan rings is 1. The molecular weight excluding hydrogens is 326 g/mol. The van der Waals surface area contributed by atoms with Crippen molar-refractivity contribution in [2.24, 2.45) is 0 Å². The first-order valence-corrected chi connectivity index (χ1v) is 8.00. The van der Waals surface area contributed by atoms with Crippen LogP contribution in [0.4, 0.5) is 5.69 Å². The molecule has 7 heteroatoms. The summed E-state index contributed by atoms with van der Waals surface area (Å²) in [5.74, 6) is 1.10. The summed E-state index contributed by atoms with van der Waals surface area (Å²) >= 11 is 1.39. The number of thiophene rings is 1. The average Bonchev–Trinajstić information content (AvgIpc) is 3.36. The molecule has 0 bridgehead atoms. The van der Waals surface area contributed by atoms with Crippen molar-refractivity contribution in [2.75, 3.05) is 5.32 Å². The summed E-state index contributed by atoms with van der Waals surface area (Å²) in [5.41, 5.74) is 1.40. The molecule has 0 spiro atoms. The van der Waals surface area contributed by atoms with Gasteiger partial charge in [0.15, 0.2) is 5.76 Å². The maximum Gasteiger partial charge on any atom is 0.293 e. The fraction of sp³-hybridized carbons (Fsp3) is 0. The fourth-order valence-corrected chi connectivity index (χ4v) is 2.80. The van der Waals surface area contributed by atoms with Crippen molar-refractivity contribution >= 4 is 22.9 Å². The summed E-state index contributed by atoms with van der Waals surface area (Å²) in [4.78, 5) is 17.1. The first kappa shape index (κ1) is 14.4. The predicted molar refractivity (Wildman–Crippen MR) is 89.7 cm³/mol. The number of hydrogen-bond donors (Lipinski definition) is 1. The van der Waals surface area contributed by atoms with Gasteiger partial charge >= 0.3 is 0 Å². The van der Waals surface area contributed by atoms with Gasteiger partial charge in [0.25, 0.3) is 11.8 Å². The number of amides is 1. The molecule has 6 nitrogen and oxygen atoms in total. The van der Waals surface area contributed by atoms with Crippen molar-refractivity contribution in [2.45, 2.75) is 0 Å². The molecule has 0 aliphatic carbocycles. The molecule has 4 aromatic rings. The van der Waals surface area contributed by atoms with Crippen LogP contribution in [0, 0.1) is 0 Å². The van der Waals surface area contributed by atoms with Gasteiger partial charge < -0.3 is 14.3 Å². The number of anilines is 1. The van der Waals surface area contributed by atoms with Gasteiger partial charge in [-0.15, -0.1) is 11.3 Å². The Morgan fingerprint density at radius 2 is 2.08 bits per heavy atom. The maximum absolute atomic E-state index is 12.1. The van der Waals surface area contributed by atoms with E-state index in [1.165, 1.54) is 11.3 Å². The SMILES string of the molecule is O=C(Nc1cccc(-c2noc(-c3ccco3)n2)c1)c1cccs1. The summed E-state index contributed by atoms with van der Waals surface area (Å²) in [6.07, 6.45) is 1.54. The Hall–Kier alpha value is -3.19. The van der Waals surface area contributed by atoms with E-state index in [9.17, 15) is 4.79 Å². The van der Waals surface area contributed by atoms with E-state index in [1.54, 1.807) is 30.5 Å². The lowest BCUT2D eigenvalue weighted by Crippen LogP contribution is -2.09. The Morgan fingerprint density at radius 1 is 1.12 bits per heavy atom. The lowest BCUT2D eigenvalue weighted by molar-refractivity contribution is 0.103. The second-order valence-corrected chi connectivity index (χ2v) is 5.86. The summed E-state index contributed by atoms with van der Waals surface area (Å²) in [7, 11) is 0. The number of rotatable bonds is 4. The molecule has 118 valence electrons. The van der Waals surface area contributed by atoms with Gasteiger partial charge in [-0.2, -0.15) is 4.98 Å². The molecule has 1 aromatic carbocycles. The van der Waals surface area contributed by atoms with Crippen molar-refractivity contribution < 1.29 is 13.7 Å². The minimum atomic E-state index is -0.147. The zero-order chi connectivity index (χ0) is 16.4. The second kappa shape index (κ2) is 6.13. The molecule has 0 saturated carbocycles. The Morgan fingerprint density at radius 3 is 2.88 bits per heavy atom. The second-order valence-electron chi connectivity index (χ2n) is 4.91. The average molecular weight is 337 g/mol. The van der Waals surface area contributed by atoms with Crippen molar-refractivity contribution in [3.05, 3.63) is 65.1 Å². The lowest BCUT2D eigenvalue weighted by Gasteiger charge is -2.04. The van der Waals surface area contributed by atoms with Crippen molar-refractivity contribution in [3.8, 4) is 23.0 Å². The Labute approximate surface area is 140 Å². The third kappa shape index (κ3) is 2.84. The van der Waals surface area contributed by atoms with E-state index >= 15 is 0 Å². The van der Waals surface area contributed by atoms with Crippen LogP contribution in [-0.2, 0) is 0 Å². The summed E-state index contributed by atoms with van der Waals surface area (Å²) in [5, 5.41) is 8.67. The smallest absolute Gasteiger partial charge is 0.293 e. The molecule has 3 heterocycles. The van der Waals surface area contributed by atoms with Crippen molar-refractivity contribution in [1.82, 2.24) is 10.1 Å². The van der Waals surface area contributed by atoms with Gasteiger partial charge in [0.2, 0.25) is 5.82 Å². The molecule has 0 fully saturated rings. The van der Waals surface area contributed by atoms with Crippen LogP contribution < -0.4 is 5.32 Å². The number of carbonyl (C=O) groups is 1. The predicted octanol–water partition coefficient (Wildman–Crippen LogP) is 4.31. The fourth-order valence-electron chi connectivity index (χ4n) is 2.18. The summed E-state index contributed by atoms with van der Waals surface area (Å²) < 4.78 is 10.4. The van der Waals surface area contributed by atoms with Crippen LogP contribution in [0.1, 0.15) is 9.67 Å². The van der Waals surface area contributed by atoms with E-state index in [1.807, 2.05) is 29.6 Å². The van der Waals surface area contributed by atoms with Crippen LogP contribution in [0.25, 0.3) is 23.0 Å². The number of benzene rings is 1. The van der Waals surface area contributed by atoms with Gasteiger partial charge in [0, 0.05) is 11.3 Å². The van der Waals surface area contributed by atoms with Crippen LogP contribution >= 0.6 is 11.3 Å². The molecule has 24 heavy (non-hydrogen) atoms. The van der Waals surface area contributed by atoms with Gasteiger partial charge in [-0.3, -0.25) is 4.79 Å². The van der Waals surface area contributed by atoms with E-state index in [0.717, 1.165) is 5.56 Å². The first-order chi connectivity index (χ1) is 11.8. The molecule has 0 radical (unpaired) electrons. The molecule has 4 rings (SSSR count). The van der Waals surface area contributed by atoms with Crippen LogP contribution in [-0.4, -0.2) is 16.0 Å². The molecule has 0 atom stereocenters. The van der Waals surface area contributed by atoms with Gasteiger partial charge in [0.1, 0.15) is 0 Å². The minimum Gasteiger partial charge on any atom is -0.459 e. The highest BCUT2D eigenvalue weighted by molar-refractivity contribution is 7.12. The number of hydrogen-bond acceptors (Lipinski definition) is 6. The van der Waals surface area contributed by atoms with E-state index < -0.39 is 0 Å². The molecule has 3 aromatic heterocycles. The van der Waals surface area contributed by atoms with Crippen LogP contribution in [0.3, 0.4) is 0 Å². The summed E-state index contributed by atoms with van der Waals surface area (Å²) in [6, 6.07) is 14.4. The van der Waals surface area contributed by atoms with E-state index in [2.05, 4.69) is 15.5 Å². The minimum absolute atomic E-state index is 0.147. The number of aromatic nitrogens is 2. The standard InChI is InChI=1S/C17H11N3O3S/c21-16(14-7-3-9-24-14)18-12-5-1-4-11(10-12)15-19-17(23-20-15)13-6-2-8-22-13/h1-10H,(H,18,21). The Balaban J connectivity index is 1.58. The van der Waals surface area contributed by atoms with Crippen LogP contribution in [0.5, 0.6) is 0 Å². The van der Waals surface area contributed by atoms with Crippen LogP contribution in [0.2, 0.25) is 0 Å². The largest absolute Gasteiger partial charge is 0.459 e. The van der Waals surface area contributed by atoms with Crippen molar-refractivity contribution in [1.29, 1.82) is 0 Å². The normalized spacial score (nSPS) is 10.7. The Kier molecular flexibility index (Phi) is 3.68. The first-order valence-electron chi connectivity index (χ1n) is 7.12. The molecule has 0 saturated heterocycles. The van der Waals surface area contributed by atoms with Gasteiger partial charge in [0.05, 0.1) is 11.1 Å².